The zero-order chi connectivity index (χ0) is 15.4. The van der Waals surface area contributed by atoms with E-state index in [0.29, 0.717) is 5.67 Å². The van der Waals surface area contributed by atoms with Crippen molar-refractivity contribution in [1.29, 1.82) is 0 Å². The largest absolute Gasteiger partial charge is 0.502 e. The fourth-order valence-electron chi connectivity index (χ4n) is 2.30. The van der Waals surface area contributed by atoms with E-state index in [-0.39, 0.29) is 0 Å². The Morgan fingerprint density at radius 3 is 1.60 bits per heavy atom. The van der Waals surface area contributed by atoms with Crippen LogP contribution in [0.15, 0.2) is 0 Å². The first kappa shape index (κ1) is 18.9. The lowest BCUT2D eigenvalue weighted by molar-refractivity contribution is 0.125. The van der Waals surface area contributed by atoms with Gasteiger partial charge in [0.2, 0.25) is 0 Å². The van der Waals surface area contributed by atoms with Gasteiger partial charge in [0.15, 0.2) is 0 Å². The molecule has 1 rings (SSSR count). The molecular formula is C8H26O7Si5. The summed E-state index contributed by atoms with van der Waals surface area (Å²) in [6.45, 7) is 8.05. The van der Waals surface area contributed by atoms with E-state index in [0.717, 1.165) is 0 Å². The third-order valence-corrected chi connectivity index (χ3v) is 22.0. The fourth-order valence-corrected chi connectivity index (χ4v) is 22.8. The van der Waals surface area contributed by atoms with Crippen LogP contribution >= 0.6 is 0 Å². The van der Waals surface area contributed by atoms with Gasteiger partial charge in [0.1, 0.15) is 0 Å². The first-order valence-corrected chi connectivity index (χ1v) is 17.3. The molecule has 0 bridgehead atoms. The SMILES string of the molecule is CO[Si](C[Si]1(C)O[SiH](C)O[SiH](C)O[SiH](C)O1)(OC)OC. The monoisotopic (exact) mass is 374 g/mol. The van der Waals surface area contributed by atoms with Crippen LogP contribution in [0.5, 0.6) is 0 Å². The Kier molecular flexibility index (Phi) is 7.43. The fraction of sp³-hybridized carbons (Fsp3) is 1.00. The van der Waals surface area contributed by atoms with Gasteiger partial charge in [-0.1, -0.05) is 0 Å². The molecule has 120 valence electrons. The van der Waals surface area contributed by atoms with Crippen molar-refractivity contribution in [3.05, 3.63) is 0 Å². The van der Waals surface area contributed by atoms with Crippen LogP contribution in [0, 0.1) is 0 Å². The predicted molar refractivity (Wildman–Crippen MR) is 86.6 cm³/mol. The average molecular weight is 375 g/mol. The molecule has 0 amide bonds. The molecule has 0 aromatic carbocycles. The van der Waals surface area contributed by atoms with E-state index < -0.39 is 45.2 Å². The van der Waals surface area contributed by atoms with E-state index in [4.69, 9.17) is 29.7 Å². The van der Waals surface area contributed by atoms with E-state index >= 15 is 0 Å². The van der Waals surface area contributed by atoms with Crippen molar-refractivity contribution >= 4 is 45.2 Å². The number of hydrogen-bond donors (Lipinski definition) is 0. The van der Waals surface area contributed by atoms with Gasteiger partial charge < -0.3 is 29.7 Å². The zero-order valence-electron chi connectivity index (χ0n) is 13.3. The van der Waals surface area contributed by atoms with Crippen LogP contribution in [0.3, 0.4) is 0 Å². The lowest BCUT2D eigenvalue weighted by Gasteiger charge is -2.39. The normalized spacial score (nSPS) is 36.5. The van der Waals surface area contributed by atoms with Crippen molar-refractivity contribution in [3.8, 4) is 0 Å². The van der Waals surface area contributed by atoms with Gasteiger partial charge in [-0.05, 0) is 26.2 Å². The van der Waals surface area contributed by atoms with Crippen LogP contribution in [-0.2, 0) is 29.7 Å². The summed E-state index contributed by atoms with van der Waals surface area (Å²) in [6.07, 6.45) is 0. The number of rotatable bonds is 5. The van der Waals surface area contributed by atoms with Gasteiger partial charge in [0.25, 0.3) is 27.9 Å². The molecule has 20 heavy (non-hydrogen) atoms. The van der Waals surface area contributed by atoms with Crippen LogP contribution < -0.4 is 0 Å². The predicted octanol–water partition coefficient (Wildman–Crippen LogP) is 0.107. The van der Waals surface area contributed by atoms with Gasteiger partial charge in [-0.2, -0.15) is 0 Å². The molecular weight excluding hydrogens is 349 g/mol. The molecule has 2 unspecified atom stereocenters. The van der Waals surface area contributed by atoms with E-state index in [9.17, 15) is 0 Å². The highest BCUT2D eigenvalue weighted by molar-refractivity contribution is 6.89. The Balaban J connectivity index is 2.87. The van der Waals surface area contributed by atoms with E-state index in [1.165, 1.54) is 0 Å². The van der Waals surface area contributed by atoms with Crippen molar-refractivity contribution in [1.82, 2.24) is 0 Å². The lowest BCUT2D eigenvalue weighted by Crippen LogP contribution is -2.59. The van der Waals surface area contributed by atoms with Crippen molar-refractivity contribution in [3.63, 3.8) is 0 Å². The summed E-state index contributed by atoms with van der Waals surface area (Å²) in [4.78, 5) is 0. The Labute approximate surface area is 128 Å². The second-order valence-electron chi connectivity index (χ2n) is 4.82. The molecule has 12 heteroatoms. The maximum Gasteiger partial charge on any atom is 0.502 e. The van der Waals surface area contributed by atoms with Crippen LogP contribution in [-0.4, -0.2) is 66.5 Å². The van der Waals surface area contributed by atoms with Crippen molar-refractivity contribution in [2.45, 2.75) is 31.9 Å². The average Bonchev–Trinajstić information content (AvgIpc) is 2.33. The van der Waals surface area contributed by atoms with Gasteiger partial charge in [-0.3, -0.25) is 0 Å². The molecule has 7 nitrogen and oxygen atoms in total. The summed E-state index contributed by atoms with van der Waals surface area (Å²) >= 11 is 0. The first-order chi connectivity index (χ1) is 9.28. The van der Waals surface area contributed by atoms with Gasteiger partial charge in [-0.25, -0.2) is 0 Å². The molecule has 0 aliphatic carbocycles. The quantitative estimate of drug-likeness (QED) is 0.633. The van der Waals surface area contributed by atoms with Crippen molar-refractivity contribution in [2.75, 3.05) is 21.3 Å². The molecule has 0 spiro atoms. The second kappa shape index (κ2) is 7.88. The molecule has 1 heterocycles. The van der Waals surface area contributed by atoms with Crippen molar-refractivity contribution < 1.29 is 29.7 Å². The molecule has 1 aliphatic heterocycles. The van der Waals surface area contributed by atoms with Gasteiger partial charge in [-0.15, -0.1) is 0 Å². The standard InChI is InChI=1S/C8H26O7Si5/c1-9-20(10-2,11-3)8-19(7)14-17(5)12-16(4)13-18(6)15-19/h16-18H,8H2,1-7H3. The Bertz CT molecular complexity index is 283. The first-order valence-electron chi connectivity index (χ1n) is 6.60. The third-order valence-electron chi connectivity index (χ3n) is 3.07. The minimum absolute atomic E-state index is 0.542. The Hall–Kier alpha value is 0.804. The minimum atomic E-state index is -2.74. The summed E-state index contributed by atoms with van der Waals surface area (Å²) in [5, 5.41) is 0. The van der Waals surface area contributed by atoms with Crippen LogP contribution in [0.4, 0.5) is 0 Å². The molecule has 0 aromatic heterocycles. The maximum absolute atomic E-state index is 6.20. The topological polar surface area (TPSA) is 64.6 Å². The number of hydrogen-bond acceptors (Lipinski definition) is 7. The third kappa shape index (κ3) is 5.22. The minimum Gasteiger partial charge on any atom is -0.420 e. The molecule has 1 fully saturated rings. The summed E-state index contributed by atoms with van der Waals surface area (Å²) in [5.74, 6) is 0. The molecule has 2 atom stereocenters. The Morgan fingerprint density at radius 1 is 0.850 bits per heavy atom. The van der Waals surface area contributed by atoms with Crippen LogP contribution in [0.1, 0.15) is 0 Å². The molecule has 1 saturated heterocycles. The van der Waals surface area contributed by atoms with Gasteiger partial charge >= 0.3 is 17.4 Å². The van der Waals surface area contributed by atoms with Crippen LogP contribution in [0.2, 0.25) is 31.9 Å². The summed E-state index contributed by atoms with van der Waals surface area (Å²) in [7, 11) is -5.53. The highest BCUT2D eigenvalue weighted by Crippen LogP contribution is 2.27. The van der Waals surface area contributed by atoms with E-state index in [2.05, 4.69) is 0 Å². The van der Waals surface area contributed by atoms with E-state index in [1.807, 2.05) is 26.2 Å². The summed E-state index contributed by atoms with van der Waals surface area (Å²) < 4.78 is 40.7. The van der Waals surface area contributed by atoms with E-state index in [1.54, 1.807) is 21.3 Å². The lowest BCUT2D eigenvalue weighted by atomic mass is 11.8. The Morgan fingerprint density at radius 2 is 1.25 bits per heavy atom. The smallest absolute Gasteiger partial charge is 0.420 e. The second-order valence-corrected chi connectivity index (χ2v) is 18.6. The molecule has 1 aliphatic rings. The molecule has 0 saturated carbocycles. The van der Waals surface area contributed by atoms with Crippen LogP contribution in [0.25, 0.3) is 0 Å². The molecule has 0 aromatic rings. The van der Waals surface area contributed by atoms with Gasteiger partial charge in [0, 0.05) is 21.3 Å². The maximum atomic E-state index is 6.20. The summed E-state index contributed by atoms with van der Waals surface area (Å²) in [5.41, 5.74) is 0.542. The molecule has 0 N–H and O–H groups in total. The summed E-state index contributed by atoms with van der Waals surface area (Å²) in [6, 6.07) is 0. The van der Waals surface area contributed by atoms with Gasteiger partial charge in [0.05, 0.1) is 5.67 Å². The zero-order valence-corrected chi connectivity index (χ0v) is 18.8. The van der Waals surface area contributed by atoms with Crippen molar-refractivity contribution in [2.24, 2.45) is 0 Å². The highest BCUT2D eigenvalue weighted by atomic mass is 28.5. The highest BCUT2D eigenvalue weighted by Gasteiger charge is 2.51. The molecule has 0 radical (unpaired) electrons.